The predicted octanol–water partition coefficient (Wildman–Crippen LogP) is 4.46. The van der Waals surface area contributed by atoms with Crippen LogP contribution in [0.25, 0.3) is 0 Å². The molecule has 1 aliphatic heterocycles. The van der Waals surface area contributed by atoms with E-state index >= 15 is 0 Å². The molecular formula is C23H33BrN2O4. The highest BCUT2D eigenvalue weighted by atomic mass is 79.9. The third kappa shape index (κ3) is 8.09. The molecule has 1 saturated heterocycles. The van der Waals surface area contributed by atoms with Gasteiger partial charge in [-0.1, -0.05) is 67.8 Å². The Balaban J connectivity index is 1.76. The summed E-state index contributed by atoms with van der Waals surface area (Å²) in [6, 6.07) is 6.14. The fraction of sp³-hybridized carbons (Fsp3) is 0.609. The van der Waals surface area contributed by atoms with Crippen LogP contribution in [-0.2, 0) is 14.3 Å². The molecule has 1 atom stereocenters. The SMILES string of the molecule is CCCCCCCCCCOC(=O)CC1C(=O)NCCN1C(=O)c1ccc(Br)cc1. The number of unbranched alkanes of at least 4 members (excludes halogenated alkanes) is 7. The van der Waals surface area contributed by atoms with Crippen LogP contribution in [0.2, 0.25) is 0 Å². The molecule has 1 fully saturated rings. The van der Waals surface area contributed by atoms with Crippen molar-refractivity contribution in [3.63, 3.8) is 0 Å². The number of carbonyl (C=O) groups is 3. The summed E-state index contributed by atoms with van der Waals surface area (Å²) < 4.78 is 6.20. The predicted molar refractivity (Wildman–Crippen MR) is 120 cm³/mol. The first-order valence-electron chi connectivity index (χ1n) is 11.0. The molecule has 1 N–H and O–H groups in total. The average molecular weight is 481 g/mol. The van der Waals surface area contributed by atoms with Crippen LogP contribution in [0, 0.1) is 0 Å². The molecule has 0 aliphatic carbocycles. The quantitative estimate of drug-likeness (QED) is 0.353. The smallest absolute Gasteiger partial charge is 0.308 e. The number of nitrogens with one attached hydrogen (secondary N) is 1. The number of hydrogen-bond acceptors (Lipinski definition) is 4. The van der Waals surface area contributed by atoms with Gasteiger partial charge in [0.05, 0.1) is 13.0 Å². The number of ether oxygens (including phenoxy) is 1. The highest BCUT2D eigenvalue weighted by molar-refractivity contribution is 9.10. The largest absolute Gasteiger partial charge is 0.466 e. The summed E-state index contributed by atoms with van der Waals surface area (Å²) in [6.07, 6.45) is 9.25. The van der Waals surface area contributed by atoms with Crippen molar-refractivity contribution in [3.05, 3.63) is 34.3 Å². The number of nitrogens with zero attached hydrogens (tertiary/aromatic N) is 1. The molecule has 0 aromatic heterocycles. The van der Waals surface area contributed by atoms with Gasteiger partial charge in [0.2, 0.25) is 5.91 Å². The zero-order chi connectivity index (χ0) is 21.8. The fourth-order valence-electron chi connectivity index (χ4n) is 3.56. The maximum atomic E-state index is 12.9. The van der Waals surface area contributed by atoms with E-state index in [1.807, 2.05) is 0 Å². The molecular weight excluding hydrogens is 448 g/mol. The van der Waals surface area contributed by atoms with Crippen molar-refractivity contribution in [2.75, 3.05) is 19.7 Å². The Morgan fingerprint density at radius 2 is 1.70 bits per heavy atom. The molecule has 7 heteroatoms. The van der Waals surface area contributed by atoms with Crippen molar-refractivity contribution in [3.8, 4) is 0 Å². The maximum absolute atomic E-state index is 12.9. The number of piperazine rings is 1. The molecule has 1 aromatic carbocycles. The van der Waals surface area contributed by atoms with Crippen LogP contribution in [0.1, 0.15) is 75.1 Å². The Hall–Kier alpha value is -1.89. The second-order valence-corrected chi connectivity index (χ2v) is 8.63. The molecule has 0 spiro atoms. The average Bonchev–Trinajstić information content (AvgIpc) is 2.74. The van der Waals surface area contributed by atoms with Crippen LogP contribution in [0.4, 0.5) is 0 Å². The van der Waals surface area contributed by atoms with E-state index in [4.69, 9.17) is 4.74 Å². The Morgan fingerprint density at radius 3 is 2.37 bits per heavy atom. The van der Waals surface area contributed by atoms with E-state index in [1.165, 1.54) is 37.0 Å². The number of carbonyl (C=O) groups excluding carboxylic acids is 3. The third-order valence-corrected chi connectivity index (χ3v) is 5.83. The number of rotatable bonds is 12. The standard InChI is InChI=1S/C23H33BrN2O4/c1-2-3-4-5-6-7-8-9-16-30-21(27)17-20-22(28)25-14-15-26(20)23(29)18-10-12-19(24)13-11-18/h10-13,20H,2-9,14-17H2,1H3,(H,25,28). The van der Waals surface area contributed by atoms with E-state index in [0.717, 1.165) is 23.7 Å². The zero-order valence-electron chi connectivity index (χ0n) is 17.8. The molecule has 2 amide bonds. The summed E-state index contributed by atoms with van der Waals surface area (Å²) in [5, 5.41) is 2.74. The van der Waals surface area contributed by atoms with E-state index in [1.54, 1.807) is 24.3 Å². The maximum Gasteiger partial charge on any atom is 0.308 e. The van der Waals surface area contributed by atoms with Crippen LogP contribution >= 0.6 is 15.9 Å². The lowest BCUT2D eigenvalue weighted by Gasteiger charge is -2.34. The van der Waals surface area contributed by atoms with Gasteiger partial charge in [0, 0.05) is 23.1 Å². The first-order valence-corrected chi connectivity index (χ1v) is 11.8. The molecule has 6 nitrogen and oxygen atoms in total. The van der Waals surface area contributed by atoms with E-state index in [0.29, 0.717) is 25.3 Å². The molecule has 0 radical (unpaired) electrons. The third-order valence-electron chi connectivity index (χ3n) is 5.30. The Labute approximate surface area is 187 Å². The van der Waals surface area contributed by atoms with Crippen molar-refractivity contribution in [1.82, 2.24) is 10.2 Å². The lowest BCUT2D eigenvalue weighted by atomic mass is 10.1. The van der Waals surface area contributed by atoms with E-state index < -0.39 is 12.0 Å². The van der Waals surface area contributed by atoms with Gasteiger partial charge < -0.3 is 15.0 Å². The van der Waals surface area contributed by atoms with Crippen LogP contribution in [0.15, 0.2) is 28.7 Å². The van der Waals surface area contributed by atoms with Crippen molar-refractivity contribution in [1.29, 1.82) is 0 Å². The number of halogens is 1. The van der Waals surface area contributed by atoms with Gasteiger partial charge in [-0.05, 0) is 30.7 Å². The normalized spacial score (nSPS) is 16.3. The summed E-state index contributed by atoms with van der Waals surface area (Å²) in [6.45, 7) is 3.32. The van der Waals surface area contributed by atoms with Gasteiger partial charge in [-0.2, -0.15) is 0 Å². The van der Waals surface area contributed by atoms with Gasteiger partial charge in [-0.3, -0.25) is 14.4 Å². The number of amides is 2. The number of esters is 1. The van der Waals surface area contributed by atoms with Gasteiger partial charge in [-0.25, -0.2) is 0 Å². The monoisotopic (exact) mass is 480 g/mol. The number of hydrogen-bond donors (Lipinski definition) is 1. The summed E-state index contributed by atoms with van der Waals surface area (Å²) in [5.41, 5.74) is 0.491. The highest BCUT2D eigenvalue weighted by Gasteiger charge is 2.35. The minimum Gasteiger partial charge on any atom is -0.466 e. The van der Waals surface area contributed by atoms with E-state index in [9.17, 15) is 14.4 Å². The fourth-order valence-corrected chi connectivity index (χ4v) is 3.82. The van der Waals surface area contributed by atoms with Gasteiger partial charge in [-0.15, -0.1) is 0 Å². The Morgan fingerprint density at radius 1 is 1.07 bits per heavy atom. The zero-order valence-corrected chi connectivity index (χ0v) is 19.4. The second-order valence-electron chi connectivity index (χ2n) is 7.71. The Kier molecular flexibility index (Phi) is 10.9. The van der Waals surface area contributed by atoms with Gasteiger partial charge >= 0.3 is 5.97 Å². The molecule has 0 bridgehead atoms. The molecule has 30 heavy (non-hydrogen) atoms. The summed E-state index contributed by atoms with van der Waals surface area (Å²) in [5.74, 6) is -0.998. The van der Waals surface area contributed by atoms with Crippen molar-refractivity contribution in [2.45, 2.75) is 70.8 Å². The van der Waals surface area contributed by atoms with E-state index in [-0.39, 0.29) is 18.2 Å². The topological polar surface area (TPSA) is 75.7 Å². The van der Waals surface area contributed by atoms with Crippen LogP contribution in [0.5, 0.6) is 0 Å². The van der Waals surface area contributed by atoms with Crippen molar-refractivity contribution >= 4 is 33.7 Å². The summed E-state index contributed by atoms with van der Waals surface area (Å²) in [4.78, 5) is 38.9. The molecule has 1 unspecified atom stereocenters. The number of benzene rings is 1. The second kappa shape index (κ2) is 13.4. The van der Waals surface area contributed by atoms with Gasteiger partial charge in [0.1, 0.15) is 6.04 Å². The molecule has 2 rings (SSSR count). The molecule has 166 valence electrons. The minimum atomic E-state index is -0.832. The van der Waals surface area contributed by atoms with Crippen molar-refractivity contribution < 1.29 is 19.1 Å². The molecule has 1 aliphatic rings. The lowest BCUT2D eigenvalue weighted by Crippen LogP contribution is -2.57. The molecule has 1 heterocycles. The minimum absolute atomic E-state index is 0.120. The van der Waals surface area contributed by atoms with Crippen LogP contribution in [-0.4, -0.2) is 48.4 Å². The highest BCUT2D eigenvalue weighted by Crippen LogP contribution is 2.17. The first-order chi connectivity index (χ1) is 14.5. The lowest BCUT2D eigenvalue weighted by molar-refractivity contribution is -0.147. The summed E-state index contributed by atoms with van der Waals surface area (Å²) >= 11 is 3.35. The van der Waals surface area contributed by atoms with Crippen LogP contribution < -0.4 is 5.32 Å². The van der Waals surface area contributed by atoms with Gasteiger partial charge in [0.25, 0.3) is 5.91 Å². The van der Waals surface area contributed by atoms with Gasteiger partial charge in [0.15, 0.2) is 0 Å². The molecule has 1 aromatic rings. The summed E-state index contributed by atoms with van der Waals surface area (Å²) in [7, 11) is 0. The first kappa shape index (κ1) is 24.4. The van der Waals surface area contributed by atoms with Crippen LogP contribution in [0.3, 0.4) is 0 Å². The van der Waals surface area contributed by atoms with E-state index in [2.05, 4.69) is 28.2 Å². The Bertz CT molecular complexity index is 693. The van der Waals surface area contributed by atoms with Crippen molar-refractivity contribution in [2.24, 2.45) is 0 Å². The molecule has 0 saturated carbocycles.